The highest BCUT2D eigenvalue weighted by Crippen LogP contribution is 2.33. The highest BCUT2D eigenvalue weighted by Gasteiger charge is 2.37. The number of amides is 1. The molecule has 0 saturated carbocycles. The van der Waals surface area contributed by atoms with Crippen molar-refractivity contribution in [3.63, 3.8) is 0 Å². The second-order valence-corrected chi connectivity index (χ2v) is 9.02. The molecule has 0 aromatic heterocycles. The minimum absolute atomic E-state index is 0.0803. The number of thioether (sulfide) groups is 1. The molecule has 3 aromatic carbocycles. The van der Waals surface area contributed by atoms with Crippen LogP contribution in [0.5, 0.6) is 0 Å². The summed E-state index contributed by atoms with van der Waals surface area (Å²) in [4.78, 5) is 15.0. The molecule has 3 aromatic rings. The number of amidine groups is 1. The first kappa shape index (κ1) is 21.3. The third kappa shape index (κ3) is 5.05. The Balaban J connectivity index is 1.61. The number of rotatable bonds is 7. The van der Waals surface area contributed by atoms with Crippen molar-refractivity contribution in [2.24, 2.45) is 10.2 Å². The molecule has 0 bridgehead atoms. The largest absolute Gasteiger partial charge is 0.284 e. The van der Waals surface area contributed by atoms with E-state index < -0.39 is 0 Å². The fourth-order valence-electron chi connectivity index (χ4n) is 3.70. The van der Waals surface area contributed by atoms with Crippen molar-refractivity contribution in [1.29, 1.82) is 0 Å². The molecule has 1 fully saturated rings. The molecule has 5 heteroatoms. The van der Waals surface area contributed by atoms with Gasteiger partial charge in [-0.1, -0.05) is 104 Å². The second kappa shape index (κ2) is 9.92. The fraction of sp³-hybridized carbons (Fsp3) is 0.269. The molecule has 0 radical (unpaired) electrons. The van der Waals surface area contributed by atoms with E-state index in [2.05, 4.69) is 60.4 Å². The van der Waals surface area contributed by atoms with E-state index >= 15 is 0 Å². The lowest BCUT2D eigenvalue weighted by Gasteiger charge is -2.17. The van der Waals surface area contributed by atoms with Crippen molar-refractivity contribution in [1.82, 2.24) is 4.90 Å². The Morgan fingerprint density at radius 3 is 2.61 bits per heavy atom. The molecule has 1 unspecified atom stereocenters. The number of carbonyl (C=O) groups excluding carboxylic acids is 1. The third-order valence-corrected chi connectivity index (χ3v) is 6.71. The lowest BCUT2D eigenvalue weighted by Crippen LogP contribution is -2.31. The van der Waals surface area contributed by atoms with E-state index in [1.165, 1.54) is 16.3 Å². The van der Waals surface area contributed by atoms with Gasteiger partial charge in [-0.15, -0.1) is 5.10 Å². The Bertz CT molecular complexity index is 1120. The van der Waals surface area contributed by atoms with Gasteiger partial charge < -0.3 is 0 Å². The number of hydrogen-bond donors (Lipinski definition) is 0. The van der Waals surface area contributed by atoms with E-state index in [-0.39, 0.29) is 11.2 Å². The van der Waals surface area contributed by atoms with Crippen LogP contribution in [-0.4, -0.2) is 27.4 Å². The first-order valence-electron chi connectivity index (χ1n) is 10.8. The normalized spacial score (nSPS) is 18.0. The van der Waals surface area contributed by atoms with Crippen LogP contribution in [0.25, 0.3) is 10.8 Å². The van der Waals surface area contributed by atoms with Crippen LogP contribution in [0.15, 0.2) is 76.9 Å². The zero-order valence-corrected chi connectivity index (χ0v) is 18.8. The number of unbranched alkanes of at least 4 members (excludes halogenated alkanes) is 1. The highest BCUT2D eigenvalue weighted by molar-refractivity contribution is 8.15. The van der Waals surface area contributed by atoms with Crippen LogP contribution in [0.3, 0.4) is 0 Å². The first-order valence-corrected chi connectivity index (χ1v) is 11.7. The van der Waals surface area contributed by atoms with Crippen LogP contribution in [0, 0.1) is 6.92 Å². The minimum atomic E-state index is -0.0803. The summed E-state index contributed by atoms with van der Waals surface area (Å²) >= 11 is 1.54. The molecule has 1 saturated heterocycles. The van der Waals surface area contributed by atoms with Crippen LogP contribution >= 0.6 is 11.8 Å². The molecular weight excluding hydrogens is 402 g/mol. The second-order valence-electron chi connectivity index (χ2n) is 7.85. The summed E-state index contributed by atoms with van der Waals surface area (Å²) in [5.74, 6) is 0.135. The van der Waals surface area contributed by atoms with Crippen molar-refractivity contribution in [3.05, 3.63) is 83.4 Å². The van der Waals surface area contributed by atoms with Crippen LogP contribution in [0.4, 0.5) is 0 Å². The Morgan fingerprint density at radius 2 is 1.81 bits per heavy atom. The molecule has 1 aliphatic rings. The Hall–Kier alpha value is -2.92. The van der Waals surface area contributed by atoms with Gasteiger partial charge in [0.2, 0.25) is 5.91 Å². The number of fused-ring (bicyclic) bond motifs is 1. The smallest absolute Gasteiger partial charge is 0.242 e. The van der Waals surface area contributed by atoms with Gasteiger partial charge in [-0.2, -0.15) is 5.10 Å². The van der Waals surface area contributed by atoms with Crippen molar-refractivity contribution in [3.8, 4) is 0 Å². The highest BCUT2D eigenvalue weighted by atomic mass is 32.2. The number of carbonyl (C=O) groups is 1. The number of benzene rings is 3. The standard InChI is InChI=1S/C26H27N3OS/c1-3-4-12-24-25(30)29(18-22-10-7-9-21-8-5-6-11-23(21)22)26(31-24)28-27-17-20-15-13-19(2)14-16-20/h5-11,13-17,24H,3-4,12,18H2,1-2H3/b27-17+,28-26-. The Kier molecular flexibility index (Phi) is 6.82. The van der Waals surface area contributed by atoms with E-state index in [4.69, 9.17) is 0 Å². The van der Waals surface area contributed by atoms with Gasteiger partial charge in [0.25, 0.3) is 0 Å². The number of nitrogens with zero attached hydrogens (tertiary/aromatic N) is 3. The lowest BCUT2D eigenvalue weighted by molar-refractivity contribution is -0.126. The van der Waals surface area contributed by atoms with Gasteiger partial charge in [0, 0.05) is 0 Å². The number of aryl methyl sites for hydroxylation is 1. The maximum Gasteiger partial charge on any atom is 0.242 e. The molecule has 1 amide bonds. The van der Waals surface area contributed by atoms with Gasteiger partial charge in [0.15, 0.2) is 5.17 Å². The zero-order chi connectivity index (χ0) is 21.6. The number of hydrogen-bond acceptors (Lipinski definition) is 4. The van der Waals surface area contributed by atoms with Crippen molar-refractivity contribution in [2.75, 3.05) is 0 Å². The van der Waals surface area contributed by atoms with Crippen molar-refractivity contribution in [2.45, 2.75) is 44.9 Å². The van der Waals surface area contributed by atoms with Crippen LogP contribution in [-0.2, 0) is 11.3 Å². The quantitative estimate of drug-likeness (QED) is 0.333. The fourth-order valence-corrected chi connectivity index (χ4v) is 4.85. The third-order valence-electron chi connectivity index (χ3n) is 5.48. The minimum Gasteiger partial charge on any atom is -0.284 e. The summed E-state index contributed by atoms with van der Waals surface area (Å²) in [5.41, 5.74) is 3.33. The molecular formula is C26H27N3OS. The molecule has 1 aliphatic heterocycles. The topological polar surface area (TPSA) is 45.0 Å². The molecule has 0 N–H and O–H groups in total. The molecule has 1 atom stereocenters. The van der Waals surface area contributed by atoms with E-state index in [0.29, 0.717) is 11.7 Å². The van der Waals surface area contributed by atoms with Crippen molar-refractivity contribution >= 4 is 39.8 Å². The molecule has 4 rings (SSSR count). The summed E-state index contributed by atoms with van der Waals surface area (Å²) < 4.78 is 0. The van der Waals surface area contributed by atoms with Gasteiger partial charge >= 0.3 is 0 Å². The molecule has 0 spiro atoms. The van der Waals surface area contributed by atoms with Gasteiger partial charge in [0.1, 0.15) is 0 Å². The van der Waals surface area contributed by atoms with Gasteiger partial charge in [-0.25, -0.2) is 0 Å². The summed E-state index contributed by atoms with van der Waals surface area (Å²) in [5, 5.41) is 11.7. The van der Waals surface area contributed by atoms with E-state index in [1.807, 2.05) is 30.3 Å². The lowest BCUT2D eigenvalue weighted by atomic mass is 10.0. The van der Waals surface area contributed by atoms with E-state index in [1.54, 1.807) is 22.9 Å². The van der Waals surface area contributed by atoms with E-state index in [0.717, 1.165) is 30.4 Å². The monoisotopic (exact) mass is 429 g/mol. The summed E-state index contributed by atoms with van der Waals surface area (Å²) in [6.45, 7) is 4.72. The average Bonchev–Trinajstić information content (AvgIpc) is 3.08. The summed E-state index contributed by atoms with van der Waals surface area (Å²) in [6, 6.07) is 22.7. The molecule has 4 nitrogen and oxygen atoms in total. The van der Waals surface area contributed by atoms with Crippen LogP contribution in [0.2, 0.25) is 0 Å². The molecule has 1 heterocycles. The average molecular weight is 430 g/mol. The zero-order valence-electron chi connectivity index (χ0n) is 18.0. The van der Waals surface area contributed by atoms with Crippen LogP contribution in [0.1, 0.15) is 42.9 Å². The summed E-state index contributed by atoms with van der Waals surface area (Å²) in [6.07, 6.45) is 4.72. The van der Waals surface area contributed by atoms with Gasteiger partial charge in [-0.05, 0) is 35.2 Å². The summed E-state index contributed by atoms with van der Waals surface area (Å²) in [7, 11) is 0. The maximum absolute atomic E-state index is 13.2. The predicted octanol–water partition coefficient (Wildman–Crippen LogP) is 6.17. The van der Waals surface area contributed by atoms with Crippen LogP contribution < -0.4 is 0 Å². The molecule has 158 valence electrons. The maximum atomic E-state index is 13.2. The first-order chi connectivity index (χ1) is 15.2. The molecule has 0 aliphatic carbocycles. The van der Waals surface area contributed by atoms with E-state index in [9.17, 15) is 4.79 Å². The predicted molar refractivity (Wildman–Crippen MR) is 132 cm³/mol. The Morgan fingerprint density at radius 1 is 1.03 bits per heavy atom. The van der Waals surface area contributed by atoms with Gasteiger partial charge in [-0.3, -0.25) is 9.69 Å². The van der Waals surface area contributed by atoms with Gasteiger partial charge in [0.05, 0.1) is 18.0 Å². The van der Waals surface area contributed by atoms with Crippen molar-refractivity contribution < 1.29 is 4.79 Å². The SMILES string of the molecule is CCCCC1S/C(=N\N=C\c2ccc(C)cc2)N(Cc2cccc3ccccc23)C1=O. The molecule has 31 heavy (non-hydrogen) atoms. The Labute approximate surface area is 188 Å².